The predicted octanol–water partition coefficient (Wildman–Crippen LogP) is 3.93. The highest BCUT2D eigenvalue weighted by molar-refractivity contribution is 6.04. The molecule has 7 nitrogen and oxygen atoms in total. The van der Waals surface area contributed by atoms with Gasteiger partial charge in [-0.2, -0.15) is 5.10 Å². The third-order valence-electron chi connectivity index (χ3n) is 5.95. The zero-order valence-corrected chi connectivity index (χ0v) is 17.4. The number of aromatic nitrogens is 4. The maximum Gasteiger partial charge on any atom is 0.275 e. The van der Waals surface area contributed by atoms with Crippen molar-refractivity contribution in [3.8, 4) is 11.1 Å². The molecular weight excluding hydrogens is 388 g/mol. The lowest BCUT2D eigenvalue weighted by atomic mass is 9.93. The number of H-pyrrole nitrogens is 1. The van der Waals surface area contributed by atoms with Crippen LogP contribution in [0, 0.1) is 6.92 Å². The molecule has 1 fully saturated rings. The number of likely N-dealkylation sites (tertiary alicyclic amines) is 1. The Balaban J connectivity index is 1.34. The van der Waals surface area contributed by atoms with Crippen molar-refractivity contribution >= 4 is 22.6 Å². The maximum atomic E-state index is 13.2. The van der Waals surface area contributed by atoms with Gasteiger partial charge in [0.2, 0.25) is 0 Å². The molecule has 7 heteroatoms. The molecule has 0 bridgehead atoms. The molecular formula is C24H24N6O. The number of nitrogens with one attached hydrogen (secondary N) is 1. The summed E-state index contributed by atoms with van der Waals surface area (Å²) in [5.41, 5.74) is 11.2. The number of nitrogen functional groups attached to an aromatic ring is 1. The van der Waals surface area contributed by atoms with Gasteiger partial charge in [0.05, 0.1) is 5.52 Å². The van der Waals surface area contributed by atoms with E-state index in [2.05, 4.69) is 27.3 Å². The van der Waals surface area contributed by atoms with Crippen LogP contribution >= 0.6 is 0 Å². The molecule has 5 rings (SSSR count). The number of benzene rings is 1. The minimum Gasteiger partial charge on any atom is -0.384 e. The van der Waals surface area contributed by atoms with E-state index in [0.29, 0.717) is 18.1 Å². The predicted molar refractivity (Wildman–Crippen MR) is 121 cm³/mol. The number of hydrogen-bond donors (Lipinski definition) is 2. The van der Waals surface area contributed by atoms with E-state index in [-0.39, 0.29) is 11.8 Å². The summed E-state index contributed by atoms with van der Waals surface area (Å²) in [4.78, 5) is 24.0. The first-order chi connectivity index (χ1) is 15.1. The minimum absolute atomic E-state index is 0.0221. The molecule has 156 valence electrons. The molecule has 1 aromatic carbocycles. The van der Waals surface area contributed by atoms with Crippen LogP contribution in [0.1, 0.15) is 40.5 Å². The molecule has 1 amide bonds. The molecule has 0 aliphatic carbocycles. The second kappa shape index (κ2) is 7.83. The fourth-order valence-electron chi connectivity index (χ4n) is 4.24. The van der Waals surface area contributed by atoms with Crippen molar-refractivity contribution in [2.75, 3.05) is 18.8 Å². The fraction of sp³-hybridized carbons (Fsp3) is 0.250. The Morgan fingerprint density at radius 3 is 2.65 bits per heavy atom. The van der Waals surface area contributed by atoms with Crippen LogP contribution in [0.25, 0.3) is 22.0 Å². The van der Waals surface area contributed by atoms with E-state index < -0.39 is 0 Å². The van der Waals surface area contributed by atoms with Gasteiger partial charge in [0.1, 0.15) is 5.82 Å². The number of piperidine rings is 1. The number of anilines is 1. The van der Waals surface area contributed by atoms with Crippen molar-refractivity contribution in [2.24, 2.45) is 0 Å². The maximum absolute atomic E-state index is 13.2. The molecule has 4 heterocycles. The van der Waals surface area contributed by atoms with Crippen molar-refractivity contribution in [1.29, 1.82) is 0 Å². The van der Waals surface area contributed by atoms with Crippen LogP contribution in [0.5, 0.6) is 0 Å². The summed E-state index contributed by atoms with van der Waals surface area (Å²) in [6.45, 7) is 3.41. The topological polar surface area (TPSA) is 101 Å². The highest BCUT2D eigenvalue weighted by Gasteiger charge is 2.28. The number of carbonyl (C=O) groups is 1. The second-order valence-electron chi connectivity index (χ2n) is 8.16. The summed E-state index contributed by atoms with van der Waals surface area (Å²) in [5, 5.41) is 8.18. The van der Waals surface area contributed by atoms with Gasteiger partial charge in [-0.15, -0.1) is 0 Å². The van der Waals surface area contributed by atoms with Gasteiger partial charge in [-0.05, 0) is 50.1 Å². The molecule has 3 N–H and O–H groups in total. The summed E-state index contributed by atoms with van der Waals surface area (Å²) < 4.78 is 0. The zero-order valence-electron chi connectivity index (χ0n) is 17.4. The van der Waals surface area contributed by atoms with Gasteiger partial charge < -0.3 is 10.6 Å². The number of pyridine rings is 2. The SMILES string of the molecule is Cc1ccc2[nH]nc(C(=O)N3CCC[C@H](c4ccc(-c5ccc(N)nc5)cn4)C3)c2c1. The quantitative estimate of drug-likeness (QED) is 0.531. The lowest BCUT2D eigenvalue weighted by Crippen LogP contribution is -2.39. The van der Waals surface area contributed by atoms with Crippen LogP contribution in [0.15, 0.2) is 54.9 Å². The molecule has 1 aliphatic heterocycles. The third kappa shape index (κ3) is 3.74. The molecule has 4 aromatic rings. The van der Waals surface area contributed by atoms with E-state index in [4.69, 9.17) is 10.7 Å². The summed E-state index contributed by atoms with van der Waals surface area (Å²) in [6, 6.07) is 13.8. The molecule has 0 saturated carbocycles. The highest BCUT2D eigenvalue weighted by Crippen LogP contribution is 2.29. The van der Waals surface area contributed by atoms with Gasteiger partial charge in [-0.25, -0.2) is 4.98 Å². The zero-order chi connectivity index (χ0) is 21.4. The van der Waals surface area contributed by atoms with Crippen LogP contribution in [-0.4, -0.2) is 44.1 Å². The molecule has 3 aromatic heterocycles. The Morgan fingerprint density at radius 2 is 1.90 bits per heavy atom. The summed E-state index contributed by atoms with van der Waals surface area (Å²) in [6.07, 6.45) is 5.58. The van der Waals surface area contributed by atoms with Gasteiger partial charge in [0.25, 0.3) is 5.91 Å². The van der Waals surface area contributed by atoms with Crippen LogP contribution in [-0.2, 0) is 0 Å². The third-order valence-corrected chi connectivity index (χ3v) is 5.95. The molecule has 1 atom stereocenters. The first-order valence-corrected chi connectivity index (χ1v) is 10.5. The van der Waals surface area contributed by atoms with E-state index in [1.165, 1.54) is 0 Å². The summed E-state index contributed by atoms with van der Waals surface area (Å²) >= 11 is 0. The van der Waals surface area contributed by atoms with Gasteiger partial charge >= 0.3 is 0 Å². The lowest BCUT2D eigenvalue weighted by molar-refractivity contribution is 0.0702. The van der Waals surface area contributed by atoms with Gasteiger partial charge in [-0.3, -0.25) is 14.9 Å². The van der Waals surface area contributed by atoms with Crippen molar-refractivity contribution < 1.29 is 4.79 Å². The van der Waals surface area contributed by atoms with Crippen molar-refractivity contribution in [1.82, 2.24) is 25.1 Å². The number of nitrogens with two attached hydrogens (primary N) is 1. The lowest BCUT2D eigenvalue weighted by Gasteiger charge is -2.32. The fourth-order valence-corrected chi connectivity index (χ4v) is 4.24. The van der Waals surface area contributed by atoms with Gasteiger partial charge in [0, 0.05) is 53.6 Å². The normalized spacial score (nSPS) is 16.5. The van der Waals surface area contributed by atoms with Crippen LogP contribution in [0.3, 0.4) is 0 Å². The number of fused-ring (bicyclic) bond motifs is 1. The number of amides is 1. The largest absolute Gasteiger partial charge is 0.384 e. The highest BCUT2D eigenvalue weighted by atomic mass is 16.2. The second-order valence-corrected chi connectivity index (χ2v) is 8.16. The van der Waals surface area contributed by atoms with E-state index >= 15 is 0 Å². The molecule has 0 spiro atoms. The van der Waals surface area contributed by atoms with Crippen molar-refractivity contribution in [3.63, 3.8) is 0 Å². The van der Waals surface area contributed by atoms with Crippen LogP contribution < -0.4 is 5.73 Å². The number of nitrogens with zero attached hydrogens (tertiary/aromatic N) is 4. The van der Waals surface area contributed by atoms with E-state index in [0.717, 1.165) is 52.7 Å². The molecule has 1 saturated heterocycles. The number of carbonyl (C=O) groups excluding carboxylic acids is 1. The molecule has 0 unspecified atom stereocenters. The van der Waals surface area contributed by atoms with Crippen molar-refractivity contribution in [2.45, 2.75) is 25.7 Å². The standard InChI is InChI=1S/C24H24N6O/c1-15-4-7-21-19(11-15)23(29-28-21)24(31)30-10-2-3-18(14-30)20-8-5-16(12-26-20)17-6-9-22(25)27-13-17/h4-9,11-13,18H,2-3,10,14H2,1H3,(H2,25,27)(H,28,29)/t18-/m0/s1. The average Bonchev–Trinajstić information content (AvgIpc) is 3.22. The van der Waals surface area contributed by atoms with Crippen molar-refractivity contribution in [3.05, 3.63) is 71.8 Å². The van der Waals surface area contributed by atoms with E-state index in [1.54, 1.807) is 12.3 Å². The van der Waals surface area contributed by atoms with E-state index in [9.17, 15) is 4.79 Å². The Labute approximate surface area is 180 Å². The number of aromatic amines is 1. The number of rotatable bonds is 3. The first-order valence-electron chi connectivity index (χ1n) is 10.5. The Hall–Kier alpha value is -3.74. The van der Waals surface area contributed by atoms with Gasteiger partial charge in [0.15, 0.2) is 5.69 Å². The van der Waals surface area contributed by atoms with E-state index in [1.807, 2.05) is 42.3 Å². The number of hydrogen-bond acceptors (Lipinski definition) is 5. The number of aryl methyl sites for hydroxylation is 1. The average molecular weight is 412 g/mol. The Bertz CT molecular complexity index is 1230. The van der Waals surface area contributed by atoms with Crippen LogP contribution in [0.2, 0.25) is 0 Å². The van der Waals surface area contributed by atoms with Crippen LogP contribution in [0.4, 0.5) is 5.82 Å². The Morgan fingerprint density at radius 1 is 1.10 bits per heavy atom. The monoisotopic (exact) mass is 412 g/mol. The molecule has 0 radical (unpaired) electrons. The first kappa shape index (κ1) is 19.2. The molecule has 31 heavy (non-hydrogen) atoms. The van der Waals surface area contributed by atoms with Gasteiger partial charge in [-0.1, -0.05) is 17.7 Å². The minimum atomic E-state index is -0.0221. The smallest absolute Gasteiger partial charge is 0.275 e. The summed E-state index contributed by atoms with van der Waals surface area (Å²) in [5.74, 6) is 0.689. The summed E-state index contributed by atoms with van der Waals surface area (Å²) in [7, 11) is 0. The molecule has 1 aliphatic rings. The Kier molecular flexibility index (Phi) is 4.86.